The quantitative estimate of drug-likeness (QED) is 0.247. The number of nitrogens with zero attached hydrogens (tertiary/aromatic N) is 6. The highest BCUT2D eigenvalue weighted by Crippen LogP contribution is 2.29. The Kier molecular flexibility index (Phi) is 13.2. The van der Waals surface area contributed by atoms with Gasteiger partial charge in [-0.25, -0.2) is 0 Å². The molecule has 2 saturated heterocycles. The van der Waals surface area contributed by atoms with Crippen LogP contribution in [0.25, 0.3) is 0 Å². The van der Waals surface area contributed by atoms with Gasteiger partial charge in [0.05, 0.1) is 31.6 Å². The van der Waals surface area contributed by atoms with Crippen LogP contribution in [0.5, 0.6) is 11.5 Å². The van der Waals surface area contributed by atoms with Gasteiger partial charge in [-0.2, -0.15) is 0 Å². The minimum Gasteiger partial charge on any atom is -0.495 e. The Balaban J connectivity index is 0.000000191. The number of carbonyl (C=O) groups is 1. The Labute approximate surface area is 290 Å². The van der Waals surface area contributed by atoms with Crippen LogP contribution in [0.1, 0.15) is 11.1 Å². The summed E-state index contributed by atoms with van der Waals surface area (Å²) in [7, 11) is 3.41. The molecule has 0 spiro atoms. The SMILES string of the molecule is COc1ccccc1N1CCN(C(=O)[C@H](N)Cc2cccnc2)CC1.COc1ccccc1N1CCN(C[C@H](N)Cc2cccnc2)CC1. The van der Waals surface area contributed by atoms with Crippen LogP contribution in [-0.4, -0.2) is 111 Å². The van der Waals surface area contributed by atoms with E-state index in [-0.39, 0.29) is 11.9 Å². The molecule has 0 saturated carbocycles. The highest BCUT2D eigenvalue weighted by atomic mass is 16.5. The Bertz CT molecular complexity index is 1560. The van der Waals surface area contributed by atoms with Crippen molar-refractivity contribution in [2.24, 2.45) is 11.5 Å². The number of hydrogen-bond acceptors (Lipinski definition) is 10. The number of hydrogen-bond donors (Lipinski definition) is 2. The summed E-state index contributed by atoms with van der Waals surface area (Å²) < 4.78 is 10.9. The Morgan fingerprint density at radius 2 is 1.16 bits per heavy atom. The summed E-state index contributed by atoms with van der Waals surface area (Å²) in [6.45, 7) is 7.85. The van der Waals surface area contributed by atoms with Gasteiger partial charge in [-0.05, 0) is 60.4 Å². The third-order valence-corrected chi connectivity index (χ3v) is 9.02. The highest BCUT2D eigenvalue weighted by Gasteiger charge is 2.26. The van der Waals surface area contributed by atoms with Crippen LogP contribution >= 0.6 is 0 Å². The van der Waals surface area contributed by atoms with Gasteiger partial charge >= 0.3 is 0 Å². The van der Waals surface area contributed by atoms with Crippen LogP contribution in [-0.2, 0) is 17.6 Å². The maximum atomic E-state index is 12.6. The number of benzene rings is 2. The number of methoxy groups -OCH3 is 2. The van der Waals surface area contributed by atoms with Gasteiger partial charge in [0.15, 0.2) is 0 Å². The van der Waals surface area contributed by atoms with Crippen LogP contribution in [0, 0.1) is 0 Å². The molecule has 2 aliphatic rings. The third-order valence-electron chi connectivity index (χ3n) is 9.02. The van der Waals surface area contributed by atoms with Crippen molar-refractivity contribution in [2.75, 3.05) is 82.9 Å². The molecule has 2 aromatic carbocycles. The van der Waals surface area contributed by atoms with E-state index in [4.69, 9.17) is 20.9 Å². The molecule has 6 rings (SSSR count). The lowest BCUT2D eigenvalue weighted by atomic mass is 10.1. The fraction of sp³-hybridized carbons (Fsp3) is 0.395. The van der Waals surface area contributed by atoms with Crippen molar-refractivity contribution in [3.8, 4) is 11.5 Å². The number of para-hydroxylation sites is 4. The van der Waals surface area contributed by atoms with Gasteiger partial charge in [0, 0.05) is 89.7 Å². The summed E-state index contributed by atoms with van der Waals surface area (Å²) >= 11 is 0. The van der Waals surface area contributed by atoms with Gasteiger partial charge in [0.1, 0.15) is 11.5 Å². The second-order valence-corrected chi connectivity index (χ2v) is 12.4. The first-order valence-electron chi connectivity index (χ1n) is 17.0. The summed E-state index contributed by atoms with van der Waals surface area (Å²) in [5.74, 6) is 1.80. The number of aromatic nitrogens is 2. The van der Waals surface area contributed by atoms with Crippen LogP contribution in [0.15, 0.2) is 97.6 Å². The molecule has 2 atom stereocenters. The fourth-order valence-electron chi connectivity index (χ4n) is 6.43. The van der Waals surface area contributed by atoms with Crippen LogP contribution in [0.2, 0.25) is 0 Å². The Morgan fingerprint density at radius 3 is 1.65 bits per heavy atom. The molecular weight excluding hydrogens is 616 g/mol. The van der Waals surface area contributed by atoms with Crippen LogP contribution < -0.4 is 30.7 Å². The van der Waals surface area contributed by atoms with Crippen molar-refractivity contribution in [1.82, 2.24) is 19.8 Å². The van der Waals surface area contributed by atoms with Crippen LogP contribution in [0.3, 0.4) is 0 Å². The monoisotopic (exact) mass is 666 g/mol. The molecule has 49 heavy (non-hydrogen) atoms. The van der Waals surface area contributed by atoms with Gasteiger partial charge in [0.2, 0.25) is 5.91 Å². The molecule has 11 heteroatoms. The zero-order chi connectivity index (χ0) is 34.4. The molecule has 4 N–H and O–H groups in total. The van der Waals surface area contributed by atoms with E-state index in [9.17, 15) is 4.79 Å². The number of rotatable bonds is 11. The number of amides is 1. The summed E-state index contributed by atoms with van der Waals surface area (Å²) in [5, 5.41) is 0. The lowest BCUT2D eigenvalue weighted by Gasteiger charge is -2.37. The molecule has 2 aliphatic heterocycles. The second-order valence-electron chi connectivity index (χ2n) is 12.4. The van der Waals surface area contributed by atoms with Crippen molar-refractivity contribution < 1.29 is 14.3 Å². The molecule has 4 aromatic rings. The fourth-order valence-corrected chi connectivity index (χ4v) is 6.43. The molecule has 0 unspecified atom stereocenters. The van der Waals surface area contributed by atoms with E-state index in [1.165, 1.54) is 11.3 Å². The maximum absolute atomic E-state index is 12.6. The molecular formula is C38H50N8O3. The minimum absolute atomic E-state index is 0.00327. The van der Waals surface area contributed by atoms with E-state index >= 15 is 0 Å². The summed E-state index contributed by atoms with van der Waals surface area (Å²) in [4.78, 5) is 29.8. The lowest BCUT2D eigenvalue weighted by Crippen LogP contribution is -2.53. The molecule has 1 amide bonds. The average molecular weight is 667 g/mol. The number of nitrogens with two attached hydrogens (primary N) is 2. The van der Waals surface area contributed by atoms with Crippen molar-refractivity contribution in [3.63, 3.8) is 0 Å². The van der Waals surface area contributed by atoms with E-state index in [1.54, 1.807) is 32.8 Å². The van der Waals surface area contributed by atoms with E-state index in [0.717, 1.165) is 75.0 Å². The Morgan fingerprint density at radius 1 is 0.673 bits per heavy atom. The molecule has 2 fully saturated rings. The first-order chi connectivity index (χ1) is 23.9. The molecule has 2 aromatic heterocycles. The van der Waals surface area contributed by atoms with Gasteiger partial charge in [-0.1, -0.05) is 36.4 Å². The van der Waals surface area contributed by atoms with Gasteiger partial charge < -0.3 is 35.6 Å². The minimum atomic E-state index is -0.526. The predicted octanol–water partition coefficient (Wildman–Crippen LogP) is 3.09. The standard InChI is InChI=1S/C19H24N4O2.C19H26N4O/c1-25-18-7-3-2-6-17(18)22-9-11-23(12-10-22)19(24)16(20)13-15-5-4-8-21-14-15;1-24-19-7-3-2-6-18(19)23-11-9-22(10-12-23)15-17(20)13-16-5-4-8-21-14-16/h2-8,14,16H,9-13,20H2,1H3;2-8,14,17H,9-13,15,20H2,1H3/t16-;17-/m11/s1. The summed E-state index contributed by atoms with van der Waals surface area (Å²) in [6.07, 6.45) is 8.56. The van der Waals surface area contributed by atoms with E-state index in [0.29, 0.717) is 19.5 Å². The summed E-state index contributed by atoms with van der Waals surface area (Å²) in [6, 6.07) is 23.7. The van der Waals surface area contributed by atoms with E-state index in [1.807, 2.05) is 65.7 Å². The molecule has 0 aliphatic carbocycles. The summed E-state index contributed by atoms with van der Waals surface area (Å²) in [5.41, 5.74) is 16.9. The smallest absolute Gasteiger partial charge is 0.239 e. The highest BCUT2D eigenvalue weighted by molar-refractivity contribution is 5.82. The van der Waals surface area contributed by atoms with Gasteiger partial charge in [0.25, 0.3) is 0 Å². The van der Waals surface area contributed by atoms with E-state index < -0.39 is 6.04 Å². The Hall–Kier alpha value is -4.71. The third kappa shape index (κ3) is 10.1. The van der Waals surface area contributed by atoms with Crippen LogP contribution in [0.4, 0.5) is 11.4 Å². The molecule has 11 nitrogen and oxygen atoms in total. The van der Waals surface area contributed by atoms with Crippen molar-refractivity contribution >= 4 is 17.3 Å². The van der Waals surface area contributed by atoms with Gasteiger partial charge in [-0.15, -0.1) is 0 Å². The average Bonchev–Trinajstić information content (AvgIpc) is 3.16. The first kappa shape index (κ1) is 35.6. The predicted molar refractivity (Wildman–Crippen MR) is 195 cm³/mol. The first-order valence-corrected chi connectivity index (χ1v) is 17.0. The number of ether oxygens (including phenoxy) is 2. The number of pyridine rings is 2. The van der Waals surface area contributed by atoms with Crippen molar-refractivity contribution in [1.29, 1.82) is 0 Å². The van der Waals surface area contributed by atoms with E-state index in [2.05, 4.69) is 42.9 Å². The molecule has 0 bridgehead atoms. The zero-order valence-corrected chi connectivity index (χ0v) is 28.7. The van der Waals surface area contributed by atoms with Crippen molar-refractivity contribution in [3.05, 3.63) is 109 Å². The lowest BCUT2D eigenvalue weighted by molar-refractivity contribution is -0.132. The van der Waals surface area contributed by atoms with Crippen molar-refractivity contribution in [2.45, 2.75) is 24.9 Å². The molecule has 260 valence electrons. The topological polar surface area (TPSA) is 126 Å². The molecule has 0 radical (unpaired) electrons. The number of piperazine rings is 2. The largest absolute Gasteiger partial charge is 0.495 e. The second kappa shape index (κ2) is 18.2. The number of carbonyl (C=O) groups excluding carboxylic acids is 1. The van der Waals surface area contributed by atoms with Gasteiger partial charge in [-0.3, -0.25) is 19.7 Å². The number of anilines is 2. The maximum Gasteiger partial charge on any atom is 0.239 e. The normalized spacial score (nSPS) is 16.3. The molecule has 4 heterocycles. The zero-order valence-electron chi connectivity index (χ0n) is 28.7.